The standard InChI is InChI=1S/C44H58N6O2/c1-29-19-34-25-45-38-13-9-11-33-12-10-14-39(40(33)38)46-26-35-20-30(2)22-37(42(35)52)28-50-18-16-48-43(5,6)23-31(3)49(27-36(21-29)41(34)51)17-15-47-44(7,8)24-32(50)4/h9-14,19-22,25-26,31-32,47-48,51-52H,15-18,23-24,27-28H2,1-8H3. The van der Waals surface area contributed by atoms with E-state index in [4.69, 9.17) is 9.98 Å². The normalized spacial score (nSPS) is 24.1. The smallest absolute Gasteiger partial charge is 0.128 e. The van der Waals surface area contributed by atoms with Gasteiger partial charge in [0.1, 0.15) is 11.5 Å². The number of nitrogens with zero attached hydrogens (tertiary/aromatic N) is 4. The van der Waals surface area contributed by atoms with Crippen LogP contribution in [0.5, 0.6) is 11.5 Å². The molecule has 1 saturated heterocycles. The molecule has 276 valence electrons. The second kappa shape index (κ2) is 15.5. The first kappa shape index (κ1) is 37.7. The Labute approximate surface area is 310 Å². The Balaban J connectivity index is 1.53. The fraction of sp³-hybridized carbons (Fsp3) is 0.455. The van der Waals surface area contributed by atoms with Crippen LogP contribution in [0.15, 0.2) is 70.6 Å². The summed E-state index contributed by atoms with van der Waals surface area (Å²) in [5, 5.41) is 33.2. The van der Waals surface area contributed by atoms with Crippen LogP contribution in [-0.2, 0) is 13.1 Å². The van der Waals surface area contributed by atoms with Gasteiger partial charge < -0.3 is 20.8 Å². The van der Waals surface area contributed by atoms with Crippen molar-refractivity contribution in [3.63, 3.8) is 0 Å². The van der Waals surface area contributed by atoms with Gasteiger partial charge in [-0.2, -0.15) is 0 Å². The lowest BCUT2D eigenvalue weighted by Gasteiger charge is -2.40. The van der Waals surface area contributed by atoms with Crippen molar-refractivity contribution in [3.05, 3.63) is 94.0 Å². The third kappa shape index (κ3) is 8.92. The van der Waals surface area contributed by atoms with E-state index < -0.39 is 0 Å². The van der Waals surface area contributed by atoms with Gasteiger partial charge in [-0.05, 0) is 109 Å². The number of hydrogen-bond acceptors (Lipinski definition) is 8. The van der Waals surface area contributed by atoms with Gasteiger partial charge in [0.15, 0.2) is 0 Å². The number of aryl methyl sites for hydroxylation is 2. The molecule has 0 spiro atoms. The highest BCUT2D eigenvalue weighted by molar-refractivity contribution is 6.04. The van der Waals surface area contributed by atoms with Crippen molar-refractivity contribution >= 4 is 34.6 Å². The predicted molar refractivity (Wildman–Crippen MR) is 217 cm³/mol. The predicted octanol–water partition coefficient (Wildman–Crippen LogP) is 8.29. The first-order valence-corrected chi connectivity index (χ1v) is 18.9. The van der Waals surface area contributed by atoms with Crippen LogP contribution in [0.25, 0.3) is 10.8 Å². The van der Waals surface area contributed by atoms with Gasteiger partial charge in [-0.3, -0.25) is 19.8 Å². The number of nitrogens with one attached hydrogen (secondary N) is 2. The zero-order chi connectivity index (χ0) is 37.2. The zero-order valence-corrected chi connectivity index (χ0v) is 32.4. The molecule has 52 heavy (non-hydrogen) atoms. The number of benzene rings is 4. The van der Waals surface area contributed by atoms with E-state index in [1.54, 1.807) is 12.4 Å². The van der Waals surface area contributed by atoms with E-state index in [0.29, 0.717) is 24.2 Å². The van der Waals surface area contributed by atoms with Crippen molar-refractivity contribution in [1.82, 2.24) is 20.4 Å². The summed E-state index contributed by atoms with van der Waals surface area (Å²) >= 11 is 0. The third-order valence-electron chi connectivity index (χ3n) is 10.9. The Kier molecular flexibility index (Phi) is 11.2. The number of phenols is 2. The average Bonchev–Trinajstić information content (AvgIpc) is 3.07. The Morgan fingerprint density at radius 3 is 1.50 bits per heavy atom. The number of aromatic hydroxyl groups is 2. The fourth-order valence-electron chi connectivity index (χ4n) is 8.30. The largest absolute Gasteiger partial charge is 0.507 e. The maximum atomic E-state index is 11.8. The molecule has 4 N–H and O–H groups in total. The van der Waals surface area contributed by atoms with Crippen LogP contribution >= 0.6 is 0 Å². The van der Waals surface area contributed by atoms with E-state index in [1.165, 1.54) is 0 Å². The van der Waals surface area contributed by atoms with Crippen LogP contribution in [0.4, 0.5) is 11.4 Å². The van der Waals surface area contributed by atoms with Crippen LogP contribution in [-0.4, -0.2) is 81.8 Å². The molecule has 0 saturated carbocycles. The molecule has 4 aromatic rings. The first-order chi connectivity index (χ1) is 24.7. The molecule has 4 atom stereocenters. The SMILES string of the molecule is Cc1cc2c(O)c(c1)CN1CCNC(C)(C)CC(C)N(CCNC(C)(C)CC1C)Cc1cc(C)cc(c1O)C=Nc1cccc3cccc(c13)N=C2. The number of aliphatic imine (C=N–C) groups is 2. The van der Waals surface area contributed by atoms with Crippen LogP contribution in [0.3, 0.4) is 0 Å². The number of rotatable bonds is 0. The molecule has 7 rings (SSSR count). The molecule has 6 bridgehead atoms. The Morgan fingerprint density at radius 1 is 0.654 bits per heavy atom. The summed E-state index contributed by atoms with van der Waals surface area (Å²) in [6.45, 7) is 22.5. The van der Waals surface area contributed by atoms with E-state index in [1.807, 2.05) is 36.4 Å². The summed E-state index contributed by atoms with van der Waals surface area (Å²) in [5.74, 6) is 0.534. The van der Waals surface area contributed by atoms with Crippen molar-refractivity contribution in [2.24, 2.45) is 9.98 Å². The van der Waals surface area contributed by atoms with Crippen molar-refractivity contribution in [1.29, 1.82) is 0 Å². The molecule has 1 fully saturated rings. The van der Waals surface area contributed by atoms with Gasteiger partial charge in [-0.15, -0.1) is 0 Å². The van der Waals surface area contributed by atoms with E-state index in [-0.39, 0.29) is 34.7 Å². The molecule has 0 radical (unpaired) electrons. The Morgan fingerprint density at radius 2 is 1.08 bits per heavy atom. The van der Waals surface area contributed by atoms with E-state index >= 15 is 0 Å². The summed E-state index contributed by atoms with van der Waals surface area (Å²) < 4.78 is 0. The molecule has 0 amide bonds. The molecule has 3 aliphatic heterocycles. The molecule has 4 unspecified atom stereocenters. The van der Waals surface area contributed by atoms with Gasteiger partial charge in [0.2, 0.25) is 0 Å². The van der Waals surface area contributed by atoms with Crippen LogP contribution in [0.2, 0.25) is 0 Å². The molecule has 3 aliphatic rings. The molecule has 3 heterocycles. The van der Waals surface area contributed by atoms with E-state index in [0.717, 1.165) is 83.4 Å². The second-order valence-electron chi connectivity index (χ2n) is 16.6. The van der Waals surface area contributed by atoms with Crippen LogP contribution in [0.1, 0.15) is 87.8 Å². The van der Waals surface area contributed by atoms with Gasteiger partial charge in [-0.25, -0.2) is 0 Å². The van der Waals surface area contributed by atoms with Crippen LogP contribution in [0, 0.1) is 13.8 Å². The van der Waals surface area contributed by atoms with Gasteiger partial charge in [0.05, 0.1) is 11.4 Å². The Hall–Kier alpha value is -4.08. The van der Waals surface area contributed by atoms with Gasteiger partial charge in [-0.1, -0.05) is 36.4 Å². The fourth-order valence-corrected chi connectivity index (χ4v) is 8.30. The van der Waals surface area contributed by atoms with Crippen molar-refractivity contribution < 1.29 is 10.2 Å². The highest BCUT2D eigenvalue weighted by Gasteiger charge is 2.29. The van der Waals surface area contributed by atoms with Crippen molar-refractivity contribution in [3.8, 4) is 11.5 Å². The summed E-state index contributed by atoms with van der Waals surface area (Å²) in [4.78, 5) is 14.9. The molecule has 0 aromatic heterocycles. The summed E-state index contributed by atoms with van der Waals surface area (Å²) in [6.07, 6.45) is 5.44. The molecular weight excluding hydrogens is 645 g/mol. The minimum absolute atomic E-state index is 0.115. The Bertz CT molecular complexity index is 1830. The maximum absolute atomic E-state index is 11.8. The van der Waals surface area contributed by atoms with Gasteiger partial charge in [0.25, 0.3) is 0 Å². The minimum atomic E-state index is -0.115. The molecule has 8 nitrogen and oxygen atoms in total. The van der Waals surface area contributed by atoms with Crippen LogP contribution < -0.4 is 10.6 Å². The van der Waals surface area contributed by atoms with Crippen molar-refractivity contribution in [2.45, 2.75) is 104 Å². The zero-order valence-electron chi connectivity index (χ0n) is 32.4. The lowest BCUT2D eigenvalue weighted by molar-refractivity contribution is 0.125. The molecule has 8 heteroatoms. The summed E-state index contributed by atoms with van der Waals surface area (Å²) in [5.41, 5.74) is 6.65. The first-order valence-electron chi connectivity index (χ1n) is 18.9. The van der Waals surface area contributed by atoms with E-state index in [9.17, 15) is 10.2 Å². The monoisotopic (exact) mass is 702 g/mol. The van der Waals surface area contributed by atoms with Crippen molar-refractivity contribution in [2.75, 3.05) is 26.2 Å². The average molecular weight is 703 g/mol. The topological polar surface area (TPSA) is 95.7 Å². The van der Waals surface area contributed by atoms with Gasteiger partial charge in [0, 0.05) is 102 Å². The van der Waals surface area contributed by atoms with E-state index in [2.05, 4.69) is 100 Å². The lowest BCUT2D eigenvalue weighted by Crippen LogP contribution is -2.53. The lowest BCUT2D eigenvalue weighted by atomic mass is 9.93. The molecule has 4 aromatic carbocycles. The maximum Gasteiger partial charge on any atom is 0.128 e. The minimum Gasteiger partial charge on any atom is -0.507 e. The molecule has 0 aliphatic carbocycles. The number of hydrogen-bond donors (Lipinski definition) is 4. The number of phenolic OH excluding ortho intramolecular Hbond substituents is 2. The third-order valence-corrected chi connectivity index (χ3v) is 10.9. The van der Waals surface area contributed by atoms with Gasteiger partial charge >= 0.3 is 0 Å². The highest BCUT2D eigenvalue weighted by atomic mass is 16.3. The summed E-state index contributed by atoms with van der Waals surface area (Å²) in [7, 11) is 0. The summed E-state index contributed by atoms with van der Waals surface area (Å²) in [6, 6.07) is 20.8. The molecular formula is C44H58N6O2. The number of fused-ring (bicyclic) bond motifs is 10. The quantitative estimate of drug-likeness (QED) is 0.147. The highest BCUT2D eigenvalue weighted by Crippen LogP contribution is 2.36. The second-order valence-corrected chi connectivity index (χ2v) is 16.6.